The molecule has 0 aliphatic heterocycles. The Morgan fingerprint density at radius 1 is 1.07 bits per heavy atom. The minimum Gasteiger partial charge on any atom is -0.379 e. The summed E-state index contributed by atoms with van der Waals surface area (Å²) in [6, 6.07) is 0. The minimum atomic E-state index is 0.228. The first kappa shape index (κ1) is 13.9. The Bertz CT molecular complexity index is 115. The van der Waals surface area contributed by atoms with E-state index >= 15 is 0 Å². The molecular weight excluding hydrogens is 176 g/mol. The predicted molar refractivity (Wildman–Crippen MR) is 60.6 cm³/mol. The van der Waals surface area contributed by atoms with Crippen LogP contribution >= 0.6 is 0 Å². The number of rotatable bonds is 9. The van der Waals surface area contributed by atoms with E-state index in [1.54, 1.807) is 7.11 Å². The van der Waals surface area contributed by atoms with E-state index < -0.39 is 0 Å². The molecular formula is C12H26O2. The first-order valence-electron chi connectivity index (χ1n) is 5.90. The molecule has 0 saturated carbocycles. The molecule has 0 saturated heterocycles. The van der Waals surface area contributed by atoms with Gasteiger partial charge in [-0.2, -0.15) is 0 Å². The van der Waals surface area contributed by atoms with Crippen LogP contribution in [0, 0.1) is 0 Å². The predicted octanol–water partition coefficient (Wildman–Crippen LogP) is 3.40. The lowest BCUT2D eigenvalue weighted by Crippen LogP contribution is -2.28. The highest BCUT2D eigenvalue weighted by molar-refractivity contribution is 4.65. The maximum absolute atomic E-state index is 5.53. The van der Waals surface area contributed by atoms with E-state index in [9.17, 15) is 0 Å². The third kappa shape index (κ3) is 6.39. The van der Waals surface area contributed by atoms with Gasteiger partial charge in [-0.25, -0.2) is 0 Å². The van der Waals surface area contributed by atoms with E-state index in [2.05, 4.69) is 13.8 Å². The summed E-state index contributed by atoms with van der Waals surface area (Å²) in [6.07, 6.45) is 6.81. The van der Waals surface area contributed by atoms with E-state index in [1.807, 2.05) is 6.92 Å². The Kier molecular flexibility index (Phi) is 9.42. The standard InChI is InChI=1S/C12H26O2/c1-5-7-8-9-10-12(13-4)11(3)14-6-2/h11-12H,5-10H2,1-4H3. The molecule has 0 rings (SSSR count). The highest BCUT2D eigenvalue weighted by Crippen LogP contribution is 2.12. The zero-order chi connectivity index (χ0) is 10.8. The highest BCUT2D eigenvalue weighted by Gasteiger charge is 2.15. The average Bonchev–Trinajstić information content (AvgIpc) is 2.18. The first-order chi connectivity index (χ1) is 6.76. The van der Waals surface area contributed by atoms with Crippen LogP contribution in [0.5, 0.6) is 0 Å². The van der Waals surface area contributed by atoms with Gasteiger partial charge in [-0.3, -0.25) is 0 Å². The smallest absolute Gasteiger partial charge is 0.0830 e. The molecule has 0 spiro atoms. The third-order valence-corrected chi connectivity index (χ3v) is 2.60. The molecule has 14 heavy (non-hydrogen) atoms. The molecule has 0 aliphatic carbocycles. The Hall–Kier alpha value is -0.0800. The van der Waals surface area contributed by atoms with Crippen LogP contribution in [0.25, 0.3) is 0 Å². The second kappa shape index (κ2) is 9.47. The van der Waals surface area contributed by atoms with Gasteiger partial charge in [-0.15, -0.1) is 0 Å². The third-order valence-electron chi connectivity index (χ3n) is 2.60. The number of ether oxygens (including phenoxy) is 2. The largest absolute Gasteiger partial charge is 0.379 e. The molecule has 86 valence electrons. The molecule has 2 nitrogen and oxygen atoms in total. The lowest BCUT2D eigenvalue weighted by Gasteiger charge is -2.22. The minimum absolute atomic E-state index is 0.228. The van der Waals surface area contributed by atoms with Crippen LogP contribution in [0.15, 0.2) is 0 Å². The Labute approximate surface area is 89.0 Å². The Balaban J connectivity index is 3.56. The van der Waals surface area contributed by atoms with E-state index in [4.69, 9.17) is 9.47 Å². The van der Waals surface area contributed by atoms with Crippen LogP contribution in [0.1, 0.15) is 52.9 Å². The first-order valence-corrected chi connectivity index (χ1v) is 5.90. The van der Waals surface area contributed by atoms with Crippen LogP contribution in [0.4, 0.5) is 0 Å². The van der Waals surface area contributed by atoms with E-state index in [1.165, 1.54) is 25.7 Å². The summed E-state index contributed by atoms with van der Waals surface area (Å²) < 4.78 is 10.9. The van der Waals surface area contributed by atoms with Crippen molar-refractivity contribution in [3.8, 4) is 0 Å². The molecule has 2 heteroatoms. The number of hydrogen-bond acceptors (Lipinski definition) is 2. The molecule has 0 aromatic rings. The molecule has 0 N–H and O–H groups in total. The maximum atomic E-state index is 5.53. The fourth-order valence-corrected chi connectivity index (χ4v) is 1.69. The maximum Gasteiger partial charge on any atom is 0.0830 e. The molecule has 0 radical (unpaired) electrons. The van der Waals surface area contributed by atoms with Gasteiger partial charge >= 0.3 is 0 Å². The molecule has 2 unspecified atom stereocenters. The van der Waals surface area contributed by atoms with Gasteiger partial charge < -0.3 is 9.47 Å². The van der Waals surface area contributed by atoms with E-state index in [-0.39, 0.29) is 12.2 Å². The summed E-state index contributed by atoms with van der Waals surface area (Å²) in [7, 11) is 1.78. The van der Waals surface area contributed by atoms with Crippen molar-refractivity contribution in [3.63, 3.8) is 0 Å². The Morgan fingerprint density at radius 3 is 2.29 bits per heavy atom. The van der Waals surface area contributed by atoms with Crippen LogP contribution in [0.2, 0.25) is 0 Å². The van der Waals surface area contributed by atoms with E-state index in [0.29, 0.717) is 0 Å². The van der Waals surface area contributed by atoms with Crippen LogP contribution in [-0.2, 0) is 9.47 Å². The van der Waals surface area contributed by atoms with Crippen molar-refractivity contribution in [1.82, 2.24) is 0 Å². The van der Waals surface area contributed by atoms with Crippen LogP contribution in [0.3, 0.4) is 0 Å². The molecule has 0 aliphatic rings. The SMILES string of the molecule is CCCCCCC(OC)C(C)OCC. The van der Waals surface area contributed by atoms with Crippen molar-refractivity contribution in [2.75, 3.05) is 13.7 Å². The zero-order valence-electron chi connectivity index (χ0n) is 10.2. The van der Waals surface area contributed by atoms with Crippen molar-refractivity contribution >= 4 is 0 Å². The van der Waals surface area contributed by atoms with Crippen molar-refractivity contribution in [2.24, 2.45) is 0 Å². The van der Waals surface area contributed by atoms with Gasteiger partial charge in [0.15, 0.2) is 0 Å². The fraction of sp³-hybridized carbons (Fsp3) is 1.00. The van der Waals surface area contributed by atoms with Crippen molar-refractivity contribution in [1.29, 1.82) is 0 Å². The second-order valence-corrected chi connectivity index (χ2v) is 3.78. The monoisotopic (exact) mass is 202 g/mol. The number of methoxy groups -OCH3 is 1. The second-order valence-electron chi connectivity index (χ2n) is 3.78. The summed E-state index contributed by atoms with van der Waals surface area (Å²) in [5, 5.41) is 0. The Morgan fingerprint density at radius 2 is 1.79 bits per heavy atom. The van der Waals surface area contributed by atoms with E-state index in [0.717, 1.165) is 13.0 Å². The van der Waals surface area contributed by atoms with Gasteiger partial charge in [0, 0.05) is 13.7 Å². The highest BCUT2D eigenvalue weighted by atomic mass is 16.5. The van der Waals surface area contributed by atoms with Gasteiger partial charge in [-0.05, 0) is 20.3 Å². The van der Waals surface area contributed by atoms with Crippen LogP contribution < -0.4 is 0 Å². The van der Waals surface area contributed by atoms with Crippen molar-refractivity contribution < 1.29 is 9.47 Å². The lowest BCUT2D eigenvalue weighted by atomic mass is 10.1. The molecule has 0 aromatic heterocycles. The zero-order valence-corrected chi connectivity index (χ0v) is 10.2. The molecule has 0 heterocycles. The lowest BCUT2D eigenvalue weighted by molar-refractivity contribution is -0.0470. The van der Waals surface area contributed by atoms with Gasteiger partial charge in [0.05, 0.1) is 12.2 Å². The summed E-state index contributed by atoms with van der Waals surface area (Å²) in [6.45, 7) is 7.13. The quantitative estimate of drug-likeness (QED) is 0.533. The summed E-state index contributed by atoms with van der Waals surface area (Å²) >= 11 is 0. The van der Waals surface area contributed by atoms with Crippen LogP contribution in [-0.4, -0.2) is 25.9 Å². The summed E-state index contributed by atoms with van der Waals surface area (Å²) in [5.74, 6) is 0. The van der Waals surface area contributed by atoms with Crippen molar-refractivity contribution in [3.05, 3.63) is 0 Å². The fourth-order valence-electron chi connectivity index (χ4n) is 1.69. The normalized spacial score (nSPS) is 15.4. The molecule has 0 amide bonds. The molecule has 2 atom stereocenters. The molecule has 0 aromatic carbocycles. The van der Waals surface area contributed by atoms with Gasteiger partial charge in [0.2, 0.25) is 0 Å². The van der Waals surface area contributed by atoms with Gasteiger partial charge in [0.1, 0.15) is 0 Å². The number of unbranched alkanes of at least 4 members (excludes halogenated alkanes) is 3. The summed E-state index contributed by atoms with van der Waals surface area (Å²) in [4.78, 5) is 0. The van der Waals surface area contributed by atoms with Gasteiger partial charge in [-0.1, -0.05) is 32.6 Å². The molecule has 0 bridgehead atoms. The van der Waals surface area contributed by atoms with Gasteiger partial charge in [0.25, 0.3) is 0 Å². The topological polar surface area (TPSA) is 18.5 Å². The van der Waals surface area contributed by atoms with Crippen molar-refractivity contribution in [2.45, 2.75) is 65.1 Å². The summed E-state index contributed by atoms with van der Waals surface area (Å²) in [5.41, 5.74) is 0. The molecule has 0 fully saturated rings. The number of hydrogen-bond donors (Lipinski definition) is 0. The average molecular weight is 202 g/mol.